The Morgan fingerprint density at radius 1 is 1.26 bits per heavy atom. The van der Waals surface area contributed by atoms with Gasteiger partial charge in [-0.1, -0.05) is 43.5 Å². The quantitative estimate of drug-likeness (QED) is 0.513. The Kier molecular flexibility index (Phi) is 9.00. The van der Waals surface area contributed by atoms with Gasteiger partial charge in [-0.3, -0.25) is 9.59 Å². The molecule has 1 saturated heterocycles. The molecule has 1 aliphatic heterocycles. The van der Waals surface area contributed by atoms with E-state index in [1.54, 1.807) is 6.07 Å². The third kappa shape index (κ3) is 6.31. The van der Waals surface area contributed by atoms with Gasteiger partial charge in [0.1, 0.15) is 10.9 Å². The van der Waals surface area contributed by atoms with Crippen LogP contribution in [0.5, 0.6) is 0 Å². The highest BCUT2D eigenvalue weighted by atomic mass is 35.5. The standard InChI is InChI=1S/C22H27Cl2N3O6S/c1-3-14(2)20(26-21(28)18-5-4-9-33-18)22(29)25-12-16-13-27(8-10-32-16)34(30,31)19-7-6-15(23)11-17(19)24/h4-7,9,11,14,16,20H,3,8,10,12-13H2,1-2H3,(H,25,29)(H,26,28)/t14-,16?,20-/m0/s1. The van der Waals surface area contributed by atoms with E-state index in [4.69, 9.17) is 32.4 Å². The van der Waals surface area contributed by atoms with E-state index < -0.39 is 34.0 Å². The van der Waals surface area contributed by atoms with E-state index >= 15 is 0 Å². The van der Waals surface area contributed by atoms with E-state index in [0.29, 0.717) is 11.4 Å². The van der Waals surface area contributed by atoms with Crippen LogP contribution in [0.4, 0.5) is 0 Å². The summed E-state index contributed by atoms with van der Waals surface area (Å²) in [6, 6.07) is 6.51. The summed E-state index contributed by atoms with van der Waals surface area (Å²) in [7, 11) is -3.87. The number of hydrogen-bond acceptors (Lipinski definition) is 6. The molecule has 2 aromatic rings. The predicted octanol–water partition coefficient (Wildman–Crippen LogP) is 2.94. The number of benzene rings is 1. The van der Waals surface area contributed by atoms with Crippen molar-refractivity contribution in [1.82, 2.24) is 14.9 Å². The fourth-order valence-corrected chi connectivity index (χ4v) is 5.71. The van der Waals surface area contributed by atoms with Crippen LogP contribution in [0.3, 0.4) is 0 Å². The number of carbonyl (C=O) groups is 2. The van der Waals surface area contributed by atoms with Gasteiger partial charge in [0.2, 0.25) is 15.9 Å². The van der Waals surface area contributed by atoms with Crippen LogP contribution in [0.15, 0.2) is 45.9 Å². The lowest BCUT2D eigenvalue weighted by atomic mass is 9.98. The van der Waals surface area contributed by atoms with Gasteiger partial charge < -0.3 is 19.8 Å². The molecule has 0 saturated carbocycles. The van der Waals surface area contributed by atoms with Crippen LogP contribution in [0.1, 0.15) is 30.8 Å². The van der Waals surface area contributed by atoms with Gasteiger partial charge in [-0.2, -0.15) is 4.31 Å². The highest BCUT2D eigenvalue weighted by Crippen LogP contribution is 2.28. The maximum atomic E-state index is 13.1. The van der Waals surface area contributed by atoms with Crippen molar-refractivity contribution in [3.8, 4) is 0 Å². The van der Waals surface area contributed by atoms with Crippen molar-refractivity contribution in [1.29, 1.82) is 0 Å². The molecular weight excluding hydrogens is 505 g/mol. The van der Waals surface area contributed by atoms with Crippen LogP contribution in [0, 0.1) is 5.92 Å². The van der Waals surface area contributed by atoms with Crippen molar-refractivity contribution in [3.05, 3.63) is 52.4 Å². The SMILES string of the molecule is CC[C@H](C)[C@H](NC(=O)c1ccco1)C(=O)NCC1CN(S(=O)(=O)c2ccc(Cl)cc2Cl)CCO1. The number of nitrogens with one attached hydrogen (secondary N) is 2. The zero-order valence-corrected chi connectivity index (χ0v) is 21.1. The second kappa shape index (κ2) is 11.5. The maximum Gasteiger partial charge on any atom is 0.287 e. The molecule has 3 atom stereocenters. The van der Waals surface area contributed by atoms with Gasteiger partial charge in [0, 0.05) is 24.7 Å². The van der Waals surface area contributed by atoms with Crippen molar-refractivity contribution in [3.63, 3.8) is 0 Å². The largest absolute Gasteiger partial charge is 0.459 e. The lowest BCUT2D eigenvalue weighted by molar-refractivity contribution is -0.125. The number of nitrogens with zero attached hydrogens (tertiary/aromatic N) is 1. The molecule has 0 bridgehead atoms. The molecule has 3 rings (SSSR count). The molecule has 2 N–H and O–H groups in total. The number of hydrogen-bond donors (Lipinski definition) is 2. The van der Waals surface area contributed by atoms with Crippen molar-refractivity contribution in [2.45, 2.75) is 37.3 Å². The van der Waals surface area contributed by atoms with Gasteiger partial charge in [0.15, 0.2) is 5.76 Å². The Labute approximate surface area is 208 Å². The first-order valence-corrected chi connectivity index (χ1v) is 13.0. The molecule has 2 amide bonds. The number of sulfonamides is 1. The Balaban J connectivity index is 1.63. The number of halogens is 2. The molecule has 1 aromatic heterocycles. The number of morpholine rings is 1. The van der Waals surface area contributed by atoms with Gasteiger partial charge in [-0.15, -0.1) is 0 Å². The van der Waals surface area contributed by atoms with Crippen molar-refractivity contribution in [2.24, 2.45) is 5.92 Å². The fraction of sp³-hybridized carbons (Fsp3) is 0.455. The Morgan fingerprint density at radius 2 is 2.03 bits per heavy atom. The molecule has 2 heterocycles. The Hall–Kier alpha value is -2.11. The number of furan rings is 1. The minimum Gasteiger partial charge on any atom is -0.459 e. The van der Waals surface area contributed by atoms with Crippen molar-refractivity contribution < 1.29 is 27.2 Å². The zero-order chi connectivity index (χ0) is 24.9. The van der Waals surface area contributed by atoms with Gasteiger partial charge in [0.05, 0.1) is 24.0 Å². The van der Waals surface area contributed by atoms with Crippen molar-refractivity contribution in [2.75, 3.05) is 26.2 Å². The topological polar surface area (TPSA) is 118 Å². The van der Waals surface area contributed by atoms with Crippen LogP contribution < -0.4 is 10.6 Å². The van der Waals surface area contributed by atoms with Crippen LogP contribution in [-0.2, 0) is 19.6 Å². The Bertz CT molecular complexity index is 1110. The summed E-state index contributed by atoms with van der Waals surface area (Å²) in [5, 5.41) is 5.85. The summed E-state index contributed by atoms with van der Waals surface area (Å²) in [6.45, 7) is 4.19. The van der Waals surface area contributed by atoms with Crippen LogP contribution >= 0.6 is 23.2 Å². The average molecular weight is 532 g/mol. The smallest absolute Gasteiger partial charge is 0.287 e. The first-order chi connectivity index (χ1) is 16.1. The third-order valence-electron chi connectivity index (χ3n) is 5.64. The molecule has 1 unspecified atom stereocenters. The normalized spacial score (nSPS) is 18.8. The number of rotatable bonds is 9. The van der Waals surface area contributed by atoms with E-state index in [1.165, 1.54) is 34.8 Å². The molecule has 0 radical (unpaired) electrons. The lowest BCUT2D eigenvalue weighted by Crippen LogP contribution is -2.54. The molecule has 1 aromatic carbocycles. The molecule has 1 aliphatic rings. The molecule has 186 valence electrons. The highest BCUT2D eigenvalue weighted by Gasteiger charge is 2.33. The van der Waals surface area contributed by atoms with Gasteiger partial charge >= 0.3 is 0 Å². The van der Waals surface area contributed by atoms with E-state index in [-0.39, 0.29) is 47.8 Å². The molecule has 1 fully saturated rings. The molecule has 9 nitrogen and oxygen atoms in total. The molecular formula is C22H27Cl2N3O6S. The second-order valence-corrected chi connectivity index (χ2v) is 10.7. The molecule has 12 heteroatoms. The summed E-state index contributed by atoms with van der Waals surface area (Å²) >= 11 is 12.0. The van der Waals surface area contributed by atoms with Gasteiger partial charge in [0.25, 0.3) is 5.91 Å². The van der Waals surface area contributed by atoms with Crippen molar-refractivity contribution >= 4 is 45.0 Å². The summed E-state index contributed by atoms with van der Waals surface area (Å²) in [5.41, 5.74) is 0. The summed E-state index contributed by atoms with van der Waals surface area (Å²) in [6.07, 6.45) is 1.46. The maximum absolute atomic E-state index is 13.1. The van der Waals surface area contributed by atoms with Crippen LogP contribution in [-0.4, -0.2) is 62.9 Å². The highest BCUT2D eigenvalue weighted by molar-refractivity contribution is 7.89. The van der Waals surface area contributed by atoms with E-state index in [9.17, 15) is 18.0 Å². The molecule has 0 spiro atoms. The first-order valence-electron chi connectivity index (χ1n) is 10.8. The summed E-state index contributed by atoms with van der Waals surface area (Å²) in [5.74, 6) is -0.913. The van der Waals surface area contributed by atoms with Gasteiger partial charge in [-0.05, 0) is 36.2 Å². The number of ether oxygens (including phenoxy) is 1. The summed E-state index contributed by atoms with van der Waals surface area (Å²) < 4.78 is 38.2. The second-order valence-electron chi connectivity index (χ2n) is 7.99. The predicted molar refractivity (Wildman–Crippen MR) is 127 cm³/mol. The lowest BCUT2D eigenvalue weighted by Gasteiger charge is -2.33. The molecule has 0 aliphatic carbocycles. The fourth-order valence-electron chi connectivity index (χ4n) is 3.50. The van der Waals surface area contributed by atoms with E-state index in [0.717, 1.165) is 0 Å². The van der Waals surface area contributed by atoms with Crippen LogP contribution in [0.2, 0.25) is 10.0 Å². The van der Waals surface area contributed by atoms with E-state index in [2.05, 4.69) is 10.6 Å². The van der Waals surface area contributed by atoms with E-state index in [1.807, 2.05) is 13.8 Å². The third-order valence-corrected chi connectivity index (χ3v) is 8.23. The van der Waals surface area contributed by atoms with Crippen LogP contribution in [0.25, 0.3) is 0 Å². The number of amides is 2. The Morgan fingerprint density at radius 3 is 2.68 bits per heavy atom. The van der Waals surface area contributed by atoms with Gasteiger partial charge in [-0.25, -0.2) is 8.42 Å². The summed E-state index contributed by atoms with van der Waals surface area (Å²) in [4.78, 5) is 25.2. The number of carbonyl (C=O) groups excluding carboxylic acids is 2. The molecule has 34 heavy (non-hydrogen) atoms. The zero-order valence-electron chi connectivity index (χ0n) is 18.8. The minimum absolute atomic E-state index is 0.0348. The first kappa shape index (κ1) is 26.5. The monoisotopic (exact) mass is 531 g/mol. The average Bonchev–Trinajstić information content (AvgIpc) is 3.35. The minimum atomic E-state index is -3.87.